The van der Waals surface area contributed by atoms with Gasteiger partial charge in [-0.25, -0.2) is 8.78 Å². The second kappa shape index (κ2) is 6.08. The smallest absolute Gasteiger partial charge is 0.129 e. The summed E-state index contributed by atoms with van der Waals surface area (Å²) in [7, 11) is 1.84. The van der Waals surface area contributed by atoms with Gasteiger partial charge in [0.1, 0.15) is 11.6 Å². The van der Waals surface area contributed by atoms with E-state index in [0.717, 1.165) is 11.6 Å². The Balaban J connectivity index is 2.20. The van der Waals surface area contributed by atoms with Gasteiger partial charge in [-0.2, -0.15) is 0 Å². The van der Waals surface area contributed by atoms with Crippen LogP contribution in [0.1, 0.15) is 17.2 Å². The number of thiophene rings is 1. The van der Waals surface area contributed by atoms with E-state index in [1.54, 1.807) is 11.3 Å². The van der Waals surface area contributed by atoms with Crippen LogP contribution in [0, 0.1) is 14.5 Å². The van der Waals surface area contributed by atoms with Crippen molar-refractivity contribution >= 4 is 33.9 Å². The summed E-state index contributed by atoms with van der Waals surface area (Å²) in [6.45, 7) is 0. The molecule has 2 aromatic rings. The summed E-state index contributed by atoms with van der Waals surface area (Å²) in [5.41, 5.74) is 1.66. The summed E-state index contributed by atoms with van der Waals surface area (Å²) >= 11 is 3.92. The molecule has 1 aromatic heterocycles. The fourth-order valence-electron chi connectivity index (χ4n) is 1.80. The van der Waals surface area contributed by atoms with Crippen molar-refractivity contribution in [2.75, 3.05) is 7.05 Å². The van der Waals surface area contributed by atoms with Gasteiger partial charge in [-0.15, -0.1) is 11.3 Å². The summed E-state index contributed by atoms with van der Waals surface area (Å²) in [6, 6.07) is 5.85. The molecule has 0 saturated carbocycles. The van der Waals surface area contributed by atoms with Crippen LogP contribution in [-0.2, 0) is 6.42 Å². The third-order valence-electron chi connectivity index (χ3n) is 2.78. The maximum Gasteiger partial charge on any atom is 0.129 e. The van der Waals surface area contributed by atoms with Crippen LogP contribution in [0.4, 0.5) is 8.78 Å². The Labute approximate surface area is 122 Å². The average molecular weight is 379 g/mol. The molecular formula is C13H12F2INS. The molecule has 96 valence electrons. The van der Waals surface area contributed by atoms with Gasteiger partial charge in [-0.3, -0.25) is 0 Å². The maximum absolute atomic E-state index is 13.6. The number of hydrogen-bond donors (Lipinski definition) is 1. The van der Waals surface area contributed by atoms with Crippen molar-refractivity contribution in [2.45, 2.75) is 12.5 Å². The van der Waals surface area contributed by atoms with Crippen molar-refractivity contribution in [1.29, 1.82) is 0 Å². The lowest BCUT2D eigenvalue weighted by Gasteiger charge is -2.15. The van der Waals surface area contributed by atoms with Crippen LogP contribution in [0.5, 0.6) is 0 Å². The Hall–Kier alpha value is -0.530. The van der Waals surface area contributed by atoms with Crippen LogP contribution in [0.2, 0.25) is 0 Å². The van der Waals surface area contributed by atoms with Crippen LogP contribution in [-0.4, -0.2) is 7.05 Å². The zero-order valence-electron chi connectivity index (χ0n) is 9.71. The van der Waals surface area contributed by atoms with E-state index in [2.05, 4.69) is 39.4 Å². The van der Waals surface area contributed by atoms with Crippen LogP contribution < -0.4 is 5.32 Å². The number of nitrogens with one attached hydrogen (secondary N) is 1. The number of hydrogen-bond acceptors (Lipinski definition) is 2. The Morgan fingerprint density at radius 1 is 1.33 bits per heavy atom. The molecule has 0 aliphatic heterocycles. The van der Waals surface area contributed by atoms with Crippen molar-refractivity contribution in [3.8, 4) is 0 Å². The Kier molecular flexibility index (Phi) is 4.69. The van der Waals surface area contributed by atoms with Gasteiger partial charge in [0.05, 0.1) is 2.88 Å². The van der Waals surface area contributed by atoms with Gasteiger partial charge in [0.15, 0.2) is 0 Å². The van der Waals surface area contributed by atoms with Gasteiger partial charge in [-0.1, -0.05) is 6.07 Å². The first-order valence-electron chi connectivity index (χ1n) is 5.45. The van der Waals surface area contributed by atoms with Crippen molar-refractivity contribution in [3.63, 3.8) is 0 Å². The summed E-state index contributed by atoms with van der Waals surface area (Å²) < 4.78 is 27.6. The van der Waals surface area contributed by atoms with Gasteiger partial charge in [0.2, 0.25) is 0 Å². The molecule has 5 heteroatoms. The summed E-state index contributed by atoms with van der Waals surface area (Å²) in [5.74, 6) is -1.03. The first kappa shape index (κ1) is 13.9. The monoisotopic (exact) mass is 379 g/mol. The van der Waals surface area contributed by atoms with Gasteiger partial charge < -0.3 is 5.32 Å². The summed E-state index contributed by atoms with van der Waals surface area (Å²) in [6.07, 6.45) is 0.509. The molecule has 1 nitrogen and oxygen atoms in total. The quantitative estimate of drug-likeness (QED) is 0.788. The van der Waals surface area contributed by atoms with Crippen LogP contribution >= 0.6 is 33.9 Å². The molecule has 0 saturated heterocycles. The van der Waals surface area contributed by atoms with E-state index in [1.165, 1.54) is 15.0 Å². The van der Waals surface area contributed by atoms with E-state index in [4.69, 9.17) is 0 Å². The van der Waals surface area contributed by atoms with Crippen molar-refractivity contribution in [2.24, 2.45) is 0 Å². The van der Waals surface area contributed by atoms with Gasteiger partial charge >= 0.3 is 0 Å². The highest BCUT2D eigenvalue weighted by Gasteiger charge is 2.14. The second-order valence-corrected chi connectivity index (χ2v) is 6.77. The number of benzene rings is 1. The molecule has 0 amide bonds. The minimum atomic E-state index is -0.540. The molecule has 0 bridgehead atoms. The highest BCUT2D eigenvalue weighted by molar-refractivity contribution is 14.1. The molecule has 0 fully saturated rings. The number of halogens is 3. The topological polar surface area (TPSA) is 12.0 Å². The van der Waals surface area contributed by atoms with Crippen LogP contribution in [0.25, 0.3) is 0 Å². The molecule has 1 aromatic carbocycles. The van der Waals surface area contributed by atoms with E-state index < -0.39 is 11.6 Å². The van der Waals surface area contributed by atoms with Gasteiger partial charge in [-0.05, 0) is 64.7 Å². The normalized spacial score (nSPS) is 12.7. The molecule has 0 spiro atoms. The molecule has 0 aliphatic carbocycles. The molecule has 0 radical (unpaired) electrons. The molecule has 1 N–H and O–H groups in total. The molecule has 1 atom stereocenters. The number of likely N-dealkylation sites (N-methyl/N-ethyl adjacent to an activating group) is 1. The minimum Gasteiger partial charge on any atom is -0.313 e. The summed E-state index contributed by atoms with van der Waals surface area (Å²) in [4.78, 5) is 0. The lowest BCUT2D eigenvalue weighted by Crippen LogP contribution is -2.18. The van der Waals surface area contributed by atoms with E-state index in [9.17, 15) is 8.78 Å². The fraction of sp³-hybridized carbons (Fsp3) is 0.231. The third-order valence-corrected chi connectivity index (χ3v) is 4.58. The first-order chi connectivity index (χ1) is 8.60. The third kappa shape index (κ3) is 3.27. The Bertz CT molecular complexity index is 542. The highest BCUT2D eigenvalue weighted by Crippen LogP contribution is 2.25. The van der Waals surface area contributed by atoms with Crippen molar-refractivity contribution < 1.29 is 8.78 Å². The maximum atomic E-state index is 13.6. The van der Waals surface area contributed by atoms with Crippen LogP contribution in [0.15, 0.2) is 29.6 Å². The molecule has 18 heavy (non-hydrogen) atoms. The molecule has 1 unspecified atom stereocenters. The first-order valence-corrected chi connectivity index (χ1v) is 7.41. The van der Waals surface area contributed by atoms with E-state index in [0.29, 0.717) is 12.0 Å². The minimum absolute atomic E-state index is 0.0460. The largest absolute Gasteiger partial charge is 0.313 e. The van der Waals surface area contributed by atoms with Gasteiger partial charge in [0.25, 0.3) is 0 Å². The predicted octanol–water partition coefficient (Wildman–Crippen LogP) is 4.13. The average Bonchev–Trinajstić information content (AvgIpc) is 2.75. The van der Waals surface area contributed by atoms with Crippen molar-refractivity contribution in [1.82, 2.24) is 5.32 Å². The zero-order chi connectivity index (χ0) is 13.1. The van der Waals surface area contributed by atoms with Crippen molar-refractivity contribution in [3.05, 3.63) is 55.3 Å². The Morgan fingerprint density at radius 2 is 2.11 bits per heavy atom. The van der Waals surface area contributed by atoms with Crippen LogP contribution in [0.3, 0.4) is 0 Å². The molecule has 2 rings (SSSR count). The SMILES string of the molecule is CNC(Cc1ccc(F)cc1F)c1csc(I)c1. The highest BCUT2D eigenvalue weighted by atomic mass is 127. The summed E-state index contributed by atoms with van der Waals surface area (Å²) in [5, 5.41) is 5.22. The molecule has 1 heterocycles. The fourth-order valence-corrected chi connectivity index (χ4v) is 3.23. The Morgan fingerprint density at radius 3 is 2.67 bits per heavy atom. The van der Waals surface area contributed by atoms with Gasteiger partial charge in [0, 0.05) is 12.1 Å². The number of rotatable bonds is 4. The second-order valence-electron chi connectivity index (χ2n) is 3.97. The van der Waals surface area contributed by atoms with E-state index in [1.807, 2.05) is 7.05 Å². The van der Waals surface area contributed by atoms with E-state index in [-0.39, 0.29) is 6.04 Å². The zero-order valence-corrected chi connectivity index (χ0v) is 12.7. The molecular weight excluding hydrogens is 367 g/mol. The lowest BCUT2D eigenvalue weighted by atomic mass is 10.0. The lowest BCUT2D eigenvalue weighted by molar-refractivity contribution is 0.541. The predicted molar refractivity (Wildman–Crippen MR) is 78.9 cm³/mol. The standard InChI is InChI=1S/C13H12F2INS/c1-17-12(9-5-13(16)18-7-9)4-8-2-3-10(14)6-11(8)15/h2-3,5-7,12,17H,4H2,1H3. The van der Waals surface area contributed by atoms with E-state index >= 15 is 0 Å². The molecule has 0 aliphatic rings.